The third-order valence-corrected chi connectivity index (χ3v) is 3.46. The summed E-state index contributed by atoms with van der Waals surface area (Å²) in [5.74, 6) is -0.131. The molecule has 1 heterocycles. The second kappa shape index (κ2) is 5.97. The third kappa shape index (κ3) is 3.41. The molecule has 4 heteroatoms. The van der Waals surface area contributed by atoms with E-state index < -0.39 is 0 Å². The second-order valence-corrected chi connectivity index (χ2v) is 4.96. The van der Waals surface area contributed by atoms with Gasteiger partial charge in [0.05, 0.1) is 6.20 Å². The number of nitrogens with zero attached hydrogens (tertiary/aromatic N) is 2. The minimum atomic E-state index is -0.131. The normalized spacial score (nSPS) is 12.6. The SMILES string of the molecule is Cc1c(CNC(C)Cc2ccccc2F)cnn1C. The van der Waals surface area contributed by atoms with Crippen molar-refractivity contribution in [1.82, 2.24) is 15.1 Å². The predicted molar refractivity (Wildman–Crippen MR) is 74.4 cm³/mol. The molecule has 1 N–H and O–H groups in total. The van der Waals surface area contributed by atoms with Gasteiger partial charge < -0.3 is 5.32 Å². The van der Waals surface area contributed by atoms with Gasteiger partial charge in [0.25, 0.3) is 0 Å². The highest BCUT2D eigenvalue weighted by molar-refractivity contribution is 5.19. The van der Waals surface area contributed by atoms with Gasteiger partial charge in [0.15, 0.2) is 0 Å². The number of halogens is 1. The Hall–Kier alpha value is -1.68. The standard InChI is InChI=1S/C15H20FN3/c1-11(8-13-6-4-5-7-15(13)16)17-9-14-10-18-19(3)12(14)2/h4-7,10-11,17H,8-9H2,1-3H3. The van der Waals surface area contributed by atoms with Gasteiger partial charge in [-0.3, -0.25) is 4.68 Å². The van der Waals surface area contributed by atoms with Crippen molar-refractivity contribution in [2.45, 2.75) is 32.9 Å². The van der Waals surface area contributed by atoms with Gasteiger partial charge in [0, 0.05) is 30.9 Å². The van der Waals surface area contributed by atoms with Crippen molar-refractivity contribution in [3.63, 3.8) is 0 Å². The molecule has 1 atom stereocenters. The Balaban J connectivity index is 1.90. The Kier molecular flexibility index (Phi) is 4.32. The van der Waals surface area contributed by atoms with Crippen LogP contribution in [0.4, 0.5) is 4.39 Å². The Morgan fingerprint density at radius 1 is 1.32 bits per heavy atom. The van der Waals surface area contributed by atoms with E-state index in [1.807, 2.05) is 37.0 Å². The van der Waals surface area contributed by atoms with E-state index in [1.165, 1.54) is 11.6 Å². The molecule has 1 unspecified atom stereocenters. The van der Waals surface area contributed by atoms with Gasteiger partial charge in [-0.05, 0) is 31.9 Å². The predicted octanol–water partition coefficient (Wildman–Crippen LogP) is 2.59. The Morgan fingerprint density at radius 3 is 2.68 bits per heavy atom. The van der Waals surface area contributed by atoms with Gasteiger partial charge in [-0.1, -0.05) is 18.2 Å². The summed E-state index contributed by atoms with van der Waals surface area (Å²) in [7, 11) is 1.93. The van der Waals surface area contributed by atoms with Crippen LogP contribution in [0.3, 0.4) is 0 Å². The average Bonchev–Trinajstić information content (AvgIpc) is 2.70. The van der Waals surface area contributed by atoms with Crippen molar-refractivity contribution in [1.29, 1.82) is 0 Å². The van der Waals surface area contributed by atoms with Crippen LogP contribution in [0.25, 0.3) is 0 Å². The van der Waals surface area contributed by atoms with Gasteiger partial charge in [0.2, 0.25) is 0 Å². The zero-order chi connectivity index (χ0) is 13.8. The maximum atomic E-state index is 13.5. The van der Waals surface area contributed by atoms with Gasteiger partial charge >= 0.3 is 0 Å². The van der Waals surface area contributed by atoms with Crippen LogP contribution in [-0.2, 0) is 20.0 Å². The average molecular weight is 261 g/mol. The van der Waals surface area contributed by atoms with Crippen molar-refractivity contribution in [3.8, 4) is 0 Å². The van der Waals surface area contributed by atoms with E-state index in [2.05, 4.69) is 17.3 Å². The molecule has 0 radical (unpaired) electrons. The summed E-state index contributed by atoms with van der Waals surface area (Å²) in [6.45, 7) is 4.87. The quantitative estimate of drug-likeness (QED) is 0.896. The molecule has 0 aliphatic carbocycles. The van der Waals surface area contributed by atoms with Crippen LogP contribution < -0.4 is 5.32 Å². The van der Waals surface area contributed by atoms with Crippen LogP contribution in [0.1, 0.15) is 23.7 Å². The molecule has 0 amide bonds. The minimum Gasteiger partial charge on any atom is -0.310 e. The lowest BCUT2D eigenvalue weighted by atomic mass is 10.1. The first-order chi connectivity index (χ1) is 9.08. The molecular weight excluding hydrogens is 241 g/mol. The molecule has 0 spiro atoms. The first-order valence-corrected chi connectivity index (χ1v) is 6.52. The molecule has 0 fully saturated rings. The molecule has 0 aliphatic heterocycles. The molecular formula is C15H20FN3. The van der Waals surface area contributed by atoms with Crippen LogP contribution in [0, 0.1) is 12.7 Å². The second-order valence-electron chi connectivity index (χ2n) is 4.96. The molecule has 0 aliphatic rings. The largest absolute Gasteiger partial charge is 0.310 e. The molecule has 2 aromatic rings. The highest BCUT2D eigenvalue weighted by atomic mass is 19.1. The summed E-state index contributed by atoms with van der Waals surface area (Å²) < 4.78 is 15.4. The van der Waals surface area contributed by atoms with Gasteiger partial charge in [-0.2, -0.15) is 5.10 Å². The van der Waals surface area contributed by atoms with Crippen molar-refractivity contribution in [2.75, 3.05) is 0 Å². The maximum Gasteiger partial charge on any atom is 0.126 e. The molecule has 2 rings (SSSR count). The number of rotatable bonds is 5. The molecule has 0 bridgehead atoms. The lowest BCUT2D eigenvalue weighted by molar-refractivity contribution is 0.525. The number of aromatic nitrogens is 2. The van der Waals surface area contributed by atoms with E-state index in [4.69, 9.17) is 0 Å². The molecule has 0 saturated carbocycles. The van der Waals surface area contributed by atoms with E-state index >= 15 is 0 Å². The van der Waals surface area contributed by atoms with Gasteiger partial charge in [-0.25, -0.2) is 4.39 Å². The lowest BCUT2D eigenvalue weighted by Crippen LogP contribution is -2.28. The molecule has 3 nitrogen and oxygen atoms in total. The van der Waals surface area contributed by atoms with Crippen LogP contribution in [0.5, 0.6) is 0 Å². The molecule has 0 saturated heterocycles. The first kappa shape index (κ1) is 13.7. The highest BCUT2D eigenvalue weighted by Crippen LogP contribution is 2.10. The minimum absolute atomic E-state index is 0.131. The van der Waals surface area contributed by atoms with E-state index in [-0.39, 0.29) is 11.9 Å². The summed E-state index contributed by atoms with van der Waals surface area (Å²) in [4.78, 5) is 0. The van der Waals surface area contributed by atoms with Crippen LogP contribution in [0.15, 0.2) is 30.5 Å². The molecule has 1 aromatic heterocycles. The molecule has 19 heavy (non-hydrogen) atoms. The number of benzene rings is 1. The summed E-state index contributed by atoms with van der Waals surface area (Å²) in [5.41, 5.74) is 3.10. The van der Waals surface area contributed by atoms with E-state index in [0.29, 0.717) is 6.42 Å². The Bertz CT molecular complexity index is 548. The molecule has 102 valence electrons. The zero-order valence-electron chi connectivity index (χ0n) is 11.7. The fraction of sp³-hybridized carbons (Fsp3) is 0.400. The Labute approximate surface area is 113 Å². The monoisotopic (exact) mass is 261 g/mol. The van der Waals surface area contributed by atoms with Crippen molar-refractivity contribution in [3.05, 3.63) is 53.1 Å². The van der Waals surface area contributed by atoms with Crippen LogP contribution in [0.2, 0.25) is 0 Å². The zero-order valence-corrected chi connectivity index (χ0v) is 11.7. The van der Waals surface area contributed by atoms with Crippen molar-refractivity contribution in [2.24, 2.45) is 7.05 Å². The Morgan fingerprint density at radius 2 is 2.05 bits per heavy atom. The number of hydrogen-bond donors (Lipinski definition) is 1. The number of nitrogens with one attached hydrogen (secondary N) is 1. The highest BCUT2D eigenvalue weighted by Gasteiger charge is 2.09. The number of hydrogen-bond acceptors (Lipinski definition) is 2. The van der Waals surface area contributed by atoms with Gasteiger partial charge in [0.1, 0.15) is 5.82 Å². The summed E-state index contributed by atoms with van der Waals surface area (Å²) in [6, 6.07) is 7.15. The van der Waals surface area contributed by atoms with Gasteiger partial charge in [-0.15, -0.1) is 0 Å². The summed E-state index contributed by atoms with van der Waals surface area (Å²) >= 11 is 0. The van der Waals surface area contributed by atoms with E-state index in [1.54, 1.807) is 6.07 Å². The smallest absolute Gasteiger partial charge is 0.126 e. The first-order valence-electron chi connectivity index (χ1n) is 6.52. The van der Waals surface area contributed by atoms with Crippen molar-refractivity contribution >= 4 is 0 Å². The summed E-state index contributed by atoms with van der Waals surface area (Å²) in [6.07, 6.45) is 2.56. The van der Waals surface area contributed by atoms with Crippen LogP contribution in [-0.4, -0.2) is 15.8 Å². The maximum absolute atomic E-state index is 13.5. The van der Waals surface area contributed by atoms with E-state index in [9.17, 15) is 4.39 Å². The topological polar surface area (TPSA) is 29.9 Å². The third-order valence-electron chi connectivity index (χ3n) is 3.46. The fourth-order valence-electron chi connectivity index (χ4n) is 2.07. The van der Waals surface area contributed by atoms with E-state index in [0.717, 1.165) is 17.8 Å². The number of aryl methyl sites for hydroxylation is 1. The van der Waals surface area contributed by atoms with Crippen molar-refractivity contribution < 1.29 is 4.39 Å². The molecule has 1 aromatic carbocycles. The fourth-order valence-corrected chi connectivity index (χ4v) is 2.07. The van der Waals surface area contributed by atoms with Crippen LogP contribution >= 0.6 is 0 Å². The lowest BCUT2D eigenvalue weighted by Gasteiger charge is -2.14. The summed E-state index contributed by atoms with van der Waals surface area (Å²) in [5, 5.41) is 7.62.